The summed E-state index contributed by atoms with van der Waals surface area (Å²) >= 11 is 13.0. The number of carbonyl (C=O) groups excluding carboxylic acids is 2. The maximum Gasteiger partial charge on any atom is 0.322 e. The second kappa shape index (κ2) is 16.1. The number of carboxylic acid groups (broad SMARTS) is 1. The Hall–Kier alpha value is -4.43. The monoisotopic (exact) mass is 774 g/mol. The van der Waals surface area contributed by atoms with Gasteiger partial charge in [-0.25, -0.2) is 5.01 Å². The minimum Gasteiger partial charge on any atom is -0.496 e. The predicted octanol–water partition coefficient (Wildman–Crippen LogP) is 6.07. The lowest BCUT2D eigenvalue weighted by molar-refractivity contribution is -0.149. The number of benzene rings is 2. The number of ether oxygens (including phenoxy) is 1. The topological polar surface area (TPSA) is 152 Å². The quantitative estimate of drug-likeness (QED) is 0.238. The number of hydrogen-bond acceptors (Lipinski definition) is 10. The zero-order valence-corrected chi connectivity index (χ0v) is 31.7. The zero-order chi connectivity index (χ0) is 37.9. The highest BCUT2D eigenvalue weighted by atomic mass is 35.5. The molecule has 2 aromatic carbocycles. The fraction of sp³-hybridized carbons (Fsp3) is 0.462. The summed E-state index contributed by atoms with van der Waals surface area (Å²) < 4.78 is 5.62. The van der Waals surface area contributed by atoms with Crippen molar-refractivity contribution in [1.82, 2.24) is 25.2 Å². The standard InChI is InChI=1S/C39H44Cl2N8O5/c1-54-34-10-7-26(32-24-43-46-44-32)21-29(34)35(50)48-20-12-38(25-48,27-8-9-30(40)31(41)22-27)11-17-47-18-13-39(14-19-47,28-5-4-15-42-23-28)37(53)45-49-16-3-2-6-33(49)36(51)52/h4-5,7-10,15,21-24,32-33H,2-3,6,11-14,16-20,25H2,1H3,(H,45,53)(H,51,52). The maximum absolute atomic E-state index is 14.2. The lowest BCUT2D eigenvalue weighted by Gasteiger charge is -2.43. The number of amides is 2. The van der Waals surface area contributed by atoms with Crippen LogP contribution >= 0.6 is 23.2 Å². The number of methoxy groups -OCH3 is 1. The summed E-state index contributed by atoms with van der Waals surface area (Å²) in [5.41, 5.74) is 4.86. The van der Waals surface area contributed by atoms with Crippen molar-refractivity contribution in [2.75, 3.05) is 46.4 Å². The van der Waals surface area contributed by atoms with Crippen LogP contribution in [0.15, 0.2) is 76.4 Å². The number of aliphatic carboxylic acids is 1. The van der Waals surface area contributed by atoms with E-state index in [-0.39, 0.29) is 17.9 Å². The van der Waals surface area contributed by atoms with Crippen LogP contribution in [-0.2, 0) is 20.4 Å². The van der Waals surface area contributed by atoms with E-state index in [2.05, 4.69) is 30.7 Å². The SMILES string of the molecule is COc1ccc(C2C=NN=N2)cc1C(=O)N1CCC(CCN2CCC(C(=O)NN3CCCCC3C(=O)O)(c3cccnc3)CC2)(c2ccc(Cl)c(Cl)c2)C1. The van der Waals surface area contributed by atoms with Crippen molar-refractivity contribution in [2.24, 2.45) is 15.4 Å². The molecule has 3 aromatic rings. The third-order valence-corrected chi connectivity index (χ3v) is 12.4. The highest BCUT2D eigenvalue weighted by Gasteiger charge is 2.46. The van der Waals surface area contributed by atoms with Crippen molar-refractivity contribution < 1.29 is 24.2 Å². The second-order valence-electron chi connectivity index (χ2n) is 14.7. The number of pyridine rings is 1. The fourth-order valence-corrected chi connectivity index (χ4v) is 8.74. The molecule has 54 heavy (non-hydrogen) atoms. The number of nitrogens with zero attached hydrogens (tertiary/aromatic N) is 7. The number of halogens is 2. The number of carboxylic acids is 1. The number of hydrogen-bond donors (Lipinski definition) is 2. The van der Waals surface area contributed by atoms with Crippen molar-refractivity contribution in [1.29, 1.82) is 0 Å². The first kappa shape index (κ1) is 37.9. The Morgan fingerprint density at radius 2 is 1.81 bits per heavy atom. The molecule has 4 aliphatic heterocycles. The van der Waals surface area contributed by atoms with Crippen LogP contribution in [0.2, 0.25) is 10.0 Å². The molecule has 4 aliphatic rings. The molecular weight excluding hydrogens is 731 g/mol. The number of aromatic nitrogens is 1. The Morgan fingerprint density at radius 1 is 0.981 bits per heavy atom. The number of nitrogens with one attached hydrogen (secondary N) is 1. The van der Waals surface area contributed by atoms with Gasteiger partial charge in [0.05, 0.1) is 34.3 Å². The van der Waals surface area contributed by atoms with Crippen molar-refractivity contribution in [3.8, 4) is 5.75 Å². The van der Waals surface area contributed by atoms with Gasteiger partial charge in [0.15, 0.2) is 0 Å². The van der Waals surface area contributed by atoms with E-state index in [1.165, 1.54) is 0 Å². The molecule has 3 atom stereocenters. The molecule has 0 bridgehead atoms. The van der Waals surface area contributed by atoms with Crippen LogP contribution < -0.4 is 10.2 Å². The summed E-state index contributed by atoms with van der Waals surface area (Å²) in [5, 5.41) is 24.1. The molecule has 3 fully saturated rings. The molecule has 0 aliphatic carbocycles. The first-order chi connectivity index (χ1) is 26.1. The van der Waals surface area contributed by atoms with Gasteiger partial charge in [0.1, 0.15) is 17.8 Å². The zero-order valence-electron chi connectivity index (χ0n) is 30.2. The Balaban J connectivity index is 1.09. The normalized spacial score (nSPS) is 24.1. The number of carbonyl (C=O) groups is 3. The Labute approximate surface area is 324 Å². The fourth-order valence-electron chi connectivity index (χ4n) is 8.45. The number of piperidine rings is 2. The van der Waals surface area contributed by atoms with Crippen LogP contribution in [0.4, 0.5) is 0 Å². The van der Waals surface area contributed by atoms with Gasteiger partial charge in [0, 0.05) is 37.4 Å². The van der Waals surface area contributed by atoms with Gasteiger partial charge < -0.3 is 19.6 Å². The third kappa shape index (κ3) is 7.59. The van der Waals surface area contributed by atoms with E-state index in [9.17, 15) is 19.5 Å². The summed E-state index contributed by atoms with van der Waals surface area (Å²) in [6.07, 6.45) is 9.76. The van der Waals surface area contributed by atoms with Crippen molar-refractivity contribution in [2.45, 2.75) is 67.9 Å². The molecule has 0 saturated carbocycles. The van der Waals surface area contributed by atoms with E-state index in [4.69, 9.17) is 27.9 Å². The second-order valence-corrected chi connectivity index (χ2v) is 15.5. The van der Waals surface area contributed by atoms with E-state index < -0.39 is 22.8 Å². The summed E-state index contributed by atoms with van der Waals surface area (Å²) in [4.78, 5) is 49.1. The summed E-state index contributed by atoms with van der Waals surface area (Å²) in [5.74, 6) is -0.770. The van der Waals surface area contributed by atoms with Crippen LogP contribution in [0.3, 0.4) is 0 Å². The van der Waals surface area contributed by atoms with Crippen LogP contribution in [-0.4, -0.2) is 101 Å². The maximum atomic E-state index is 14.2. The molecule has 1 aromatic heterocycles. The van der Waals surface area contributed by atoms with Gasteiger partial charge in [0.25, 0.3) is 5.91 Å². The van der Waals surface area contributed by atoms with Gasteiger partial charge in [-0.1, -0.05) is 41.4 Å². The summed E-state index contributed by atoms with van der Waals surface area (Å²) in [6.45, 7) is 3.53. The van der Waals surface area contributed by atoms with Crippen LogP contribution in [0, 0.1) is 0 Å². The van der Waals surface area contributed by atoms with Gasteiger partial charge in [-0.3, -0.25) is 24.8 Å². The van der Waals surface area contributed by atoms with E-state index in [0.717, 1.165) is 48.9 Å². The molecule has 15 heteroatoms. The molecule has 0 spiro atoms. The number of hydrazine groups is 1. The van der Waals surface area contributed by atoms with Gasteiger partial charge in [-0.05, 0) is 117 Å². The van der Waals surface area contributed by atoms with Crippen LogP contribution in [0.25, 0.3) is 0 Å². The van der Waals surface area contributed by atoms with E-state index in [1.54, 1.807) is 36.8 Å². The molecule has 7 rings (SSSR count). The lowest BCUT2D eigenvalue weighted by atomic mass is 9.72. The average molecular weight is 776 g/mol. The highest BCUT2D eigenvalue weighted by Crippen LogP contribution is 2.43. The molecule has 3 saturated heterocycles. The lowest BCUT2D eigenvalue weighted by Crippen LogP contribution is -2.60. The van der Waals surface area contributed by atoms with Crippen molar-refractivity contribution in [3.63, 3.8) is 0 Å². The number of likely N-dealkylation sites (tertiary alicyclic amines) is 2. The Bertz CT molecular complexity index is 1930. The molecule has 0 radical (unpaired) electrons. The first-order valence-electron chi connectivity index (χ1n) is 18.4. The van der Waals surface area contributed by atoms with Crippen molar-refractivity contribution >= 4 is 47.2 Å². The molecular formula is C39H44Cl2N8O5. The summed E-state index contributed by atoms with van der Waals surface area (Å²) in [7, 11) is 1.55. The minimum atomic E-state index is -0.928. The van der Waals surface area contributed by atoms with Gasteiger partial charge in [-0.2, -0.15) is 5.11 Å². The molecule has 2 N–H and O–H groups in total. The highest BCUT2D eigenvalue weighted by molar-refractivity contribution is 6.42. The van der Waals surface area contributed by atoms with Crippen LogP contribution in [0.1, 0.15) is 78.0 Å². The predicted molar refractivity (Wildman–Crippen MR) is 204 cm³/mol. The average Bonchev–Trinajstić information content (AvgIpc) is 3.90. The molecule has 284 valence electrons. The number of rotatable bonds is 11. The van der Waals surface area contributed by atoms with Crippen LogP contribution in [0.5, 0.6) is 5.75 Å². The Morgan fingerprint density at radius 3 is 2.52 bits per heavy atom. The van der Waals surface area contributed by atoms with Gasteiger partial charge >= 0.3 is 5.97 Å². The molecule has 5 heterocycles. The van der Waals surface area contributed by atoms with Gasteiger partial charge in [0.2, 0.25) is 5.91 Å². The molecule has 2 amide bonds. The smallest absolute Gasteiger partial charge is 0.322 e. The Kier molecular flexibility index (Phi) is 11.3. The van der Waals surface area contributed by atoms with Crippen molar-refractivity contribution in [3.05, 3.63) is 93.2 Å². The molecule has 13 nitrogen and oxygen atoms in total. The summed E-state index contributed by atoms with van der Waals surface area (Å²) in [6, 6.07) is 13.9. The minimum absolute atomic E-state index is 0.133. The van der Waals surface area contributed by atoms with E-state index >= 15 is 0 Å². The third-order valence-electron chi connectivity index (χ3n) is 11.7. The van der Waals surface area contributed by atoms with Gasteiger partial charge in [-0.15, -0.1) is 5.10 Å². The largest absolute Gasteiger partial charge is 0.496 e. The van der Waals surface area contributed by atoms with E-state index in [1.807, 2.05) is 47.4 Å². The van der Waals surface area contributed by atoms with E-state index in [0.29, 0.717) is 73.3 Å². The molecule has 3 unspecified atom stereocenters. The first-order valence-corrected chi connectivity index (χ1v) is 19.2.